The molecule has 0 spiro atoms. The van der Waals surface area contributed by atoms with E-state index in [0.717, 1.165) is 6.07 Å². The third kappa shape index (κ3) is 2.74. The van der Waals surface area contributed by atoms with E-state index in [0.29, 0.717) is 17.1 Å². The van der Waals surface area contributed by atoms with Crippen molar-refractivity contribution in [3.8, 4) is 11.5 Å². The minimum atomic E-state index is -0.554. The summed E-state index contributed by atoms with van der Waals surface area (Å²) in [4.78, 5) is 0. The zero-order chi connectivity index (χ0) is 14.7. The molecule has 0 saturated carbocycles. The number of nitrogens with one attached hydrogen (secondary N) is 1. The Labute approximate surface area is 115 Å². The quantitative estimate of drug-likeness (QED) is 0.844. The molecule has 0 atom stereocenters. The largest absolute Gasteiger partial charge is 0.494 e. The molecule has 0 amide bonds. The maximum atomic E-state index is 13.5. The number of nitrogen functional groups attached to an aromatic ring is 1. The van der Waals surface area contributed by atoms with Crippen molar-refractivity contribution in [2.24, 2.45) is 0 Å². The van der Waals surface area contributed by atoms with Crippen LogP contribution >= 0.6 is 0 Å². The average Bonchev–Trinajstić information content (AvgIpc) is 2.43. The lowest BCUT2D eigenvalue weighted by molar-refractivity contribution is 0.387. The molecular weight excluding hydrogens is 266 g/mol. The molecule has 106 valence electrons. The number of anilines is 3. The highest BCUT2D eigenvalue weighted by atomic mass is 19.1. The van der Waals surface area contributed by atoms with Gasteiger partial charge in [0, 0.05) is 18.2 Å². The molecule has 0 aliphatic rings. The Balaban J connectivity index is 2.39. The number of benzene rings is 2. The van der Waals surface area contributed by atoms with Crippen LogP contribution in [0.15, 0.2) is 30.3 Å². The van der Waals surface area contributed by atoms with Gasteiger partial charge in [-0.05, 0) is 12.1 Å². The zero-order valence-electron chi connectivity index (χ0n) is 11.0. The van der Waals surface area contributed by atoms with E-state index in [1.165, 1.54) is 38.5 Å². The summed E-state index contributed by atoms with van der Waals surface area (Å²) in [5.41, 5.74) is 6.89. The standard InChI is InChI=1S/C14H14F2N2O2/c1-19-13-7-12(10(17)6-9(13)16)18-11-4-3-8(15)5-14(11)20-2/h3-7,18H,17H2,1-2H3. The fourth-order valence-corrected chi connectivity index (χ4v) is 1.75. The van der Waals surface area contributed by atoms with Crippen molar-refractivity contribution < 1.29 is 18.3 Å². The fraction of sp³-hybridized carbons (Fsp3) is 0.143. The summed E-state index contributed by atoms with van der Waals surface area (Å²) in [7, 11) is 2.78. The molecule has 0 radical (unpaired) electrons. The van der Waals surface area contributed by atoms with E-state index < -0.39 is 11.6 Å². The van der Waals surface area contributed by atoms with Crippen molar-refractivity contribution >= 4 is 17.1 Å². The lowest BCUT2D eigenvalue weighted by atomic mass is 10.2. The Morgan fingerprint density at radius 2 is 1.65 bits per heavy atom. The first kappa shape index (κ1) is 13.9. The first-order valence-electron chi connectivity index (χ1n) is 5.78. The Morgan fingerprint density at radius 3 is 2.30 bits per heavy atom. The van der Waals surface area contributed by atoms with E-state index in [-0.39, 0.29) is 11.4 Å². The van der Waals surface area contributed by atoms with Crippen LogP contribution in [0.2, 0.25) is 0 Å². The van der Waals surface area contributed by atoms with Gasteiger partial charge in [0.25, 0.3) is 0 Å². The van der Waals surface area contributed by atoms with Crippen LogP contribution in [0.5, 0.6) is 11.5 Å². The van der Waals surface area contributed by atoms with Crippen LogP contribution in [0.1, 0.15) is 0 Å². The third-order valence-electron chi connectivity index (χ3n) is 2.76. The summed E-state index contributed by atoms with van der Waals surface area (Å²) in [5.74, 6) is -0.603. The Morgan fingerprint density at radius 1 is 0.950 bits per heavy atom. The summed E-state index contributed by atoms with van der Waals surface area (Å²) < 4.78 is 36.5. The second kappa shape index (κ2) is 5.64. The number of halogens is 2. The van der Waals surface area contributed by atoms with Crippen molar-refractivity contribution in [3.05, 3.63) is 42.0 Å². The predicted molar refractivity (Wildman–Crippen MR) is 73.6 cm³/mol. The maximum Gasteiger partial charge on any atom is 0.167 e. The molecular formula is C14H14F2N2O2. The molecule has 4 nitrogen and oxygen atoms in total. The SMILES string of the molecule is COc1cc(Nc2ccc(F)cc2OC)c(N)cc1F. The smallest absolute Gasteiger partial charge is 0.167 e. The summed E-state index contributed by atoms with van der Waals surface area (Å²) >= 11 is 0. The molecule has 0 bridgehead atoms. The number of hydrogen-bond acceptors (Lipinski definition) is 4. The topological polar surface area (TPSA) is 56.5 Å². The van der Waals surface area contributed by atoms with Crippen molar-refractivity contribution in [2.45, 2.75) is 0 Å². The minimum absolute atomic E-state index is 0.0581. The first-order valence-corrected chi connectivity index (χ1v) is 5.78. The predicted octanol–water partition coefficient (Wildman–Crippen LogP) is 3.31. The number of methoxy groups -OCH3 is 2. The van der Waals surface area contributed by atoms with Crippen LogP contribution in [0.4, 0.5) is 25.8 Å². The van der Waals surface area contributed by atoms with E-state index in [9.17, 15) is 8.78 Å². The fourth-order valence-electron chi connectivity index (χ4n) is 1.75. The molecule has 3 N–H and O–H groups in total. The molecule has 0 aliphatic carbocycles. The first-order chi connectivity index (χ1) is 9.55. The van der Waals surface area contributed by atoms with Gasteiger partial charge in [0.05, 0.1) is 31.3 Å². The summed E-state index contributed by atoms with van der Waals surface area (Å²) in [6.45, 7) is 0. The number of nitrogens with two attached hydrogens (primary N) is 1. The van der Waals surface area contributed by atoms with Gasteiger partial charge in [0.15, 0.2) is 11.6 Å². The van der Waals surface area contributed by atoms with Crippen molar-refractivity contribution in [2.75, 3.05) is 25.3 Å². The summed E-state index contributed by atoms with van der Waals surface area (Å²) in [5, 5.41) is 2.96. The van der Waals surface area contributed by atoms with Crippen LogP contribution in [0.25, 0.3) is 0 Å². The van der Waals surface area contributed by atoms with Crippen LogP contribution in [0.3, 0.4) is 0 Å². The lowest BCUT2D eigenvalue weighted by Gasteiger charge is -2.14. The highest BCUT2D eigenvalue weighted by Crippen LogP contribution is 2.34. The summed E-state index contributed by atoms with van der Waals surface area (Å²) in [6.07, 6.45) is 0. The van der Waals surface area contributed by atoms with Gasteiger partial charge in [0.2, 0.25) is 0 Å². The Hall–Kier alpha value is -2.50. The molecule has 0 fully saturated rings. The minimum Gasteiger partial charge on any atom is -0.494 e. The highest BCUT2D eigenvalue weighted by Gasteiger charge is 2.11. The van der Waals surface area contributed by atoms with E-state index in [2.05, 4.69) is 5.32 Å². The number of rotatable bonds is 4. The molecule has 2 rings (SSSR count). The van der Waals surface area contributed by atoms with Gasteiger partial charge in [-0.15, -0.1) is 0 Å². The molecule has 0 aromatic heterocycles. The van der Waals surface area contributed by atoms with E-state index >= 15 is 0 Å². The van der Waals surface area contributed by atoms with Gasteiger partial charge in [-0.25, -0.2) is 8.78 Å². The van der Waals surface area contributed by atoms with E-state index in [1.54, 1.807) is 0 Å². The maximum absolute atomic E-state index is 13.5. The van der Waals surface area contributed by atoms with Gasteiger partial charge in [0.1, 0.15) is 11.6 Å². The number of hydrogen-bond donors (Lipinski definition) is 2. The van der Waals surface area contributed by atoms with Crippen LogP contribution in [-0.4, -0.2) is 14.2 Å². The van der Waals surface area contributed by atoms with Gasteiger partial charge in [-0.3, -0.25) is 0 Å². The molecule has 0 saturated heterocycles. The molecule has 0 heterocycles. The summed E-state index contributed by atoms with van der Waals surface area (Å²) in [6, 6.07) is 6.59. The number of ether oxygens (including phenoxy) is 2. The van der Waals surface area contributed by atoms with Crippen molar-refractivity contribution in [3.63, 3.8) is 0 Å². The van der Waals surface area contributed by atoms with Gasteiger partial charge in [-0.2, -0.15) is 0 Å². The van der Waals surface area contributed by atoms with Crippen LogP contribution in [0, 0.1) is 11.6 Å². The van der Waals surface area contributed by atoms with Gasteiger partial charge in [-0.1, -0.05) is 0 Å². The average molecular weight is 280 g/mol. The molecule has 2 aromatic rings. The van der Waals surface area contributed by atoms with Gasteiger partial charge >= 0.3 is 0 Å². The molecule has 2 aromatic carbocycles. The second-order valence-corrected chi connectivity index (χ2v) is 4.04. The third-order valence-corrected chi connectivity index (χ3v) is 2.76. The Bertz CT molecular complexity index is 633. The zero-order valence-corrected chi connectivity index (χ0v) is 11.0. The second-order valence-electron chi connectivity index (χ2n) is 4.04. The van der Waals surface area contributed by atoms with Crippen LogP contribution < -0.4 is 20.5 Å². The monoisotopic (exact) mass is 280 g/mol. The normalized spacial score (nSPS) is 10.2. The highest BCUT2D eigenvalue weighted by molar-refractivity contribution is 5.76. The molecule has 20 heavy (non-hydrogen) atoms. The van der Waals surface area contributed by atoms with Gasteiger partial charge < -0.3 is 20.5 Å². The molecule has 0 unspecified atom stereocenters. The lowest BCUT2D eigenvalue weighted by Crippen LogP contribution is -2.01. The van der Waals surface area contributed by atoms with Crippen LogP contribution in [-0.2, 0) is 0 Å². The Kier molecular flexibility index (Phi) is 3.93. The molecule has 0 aliphatic heterocycles. The van der Waals surface area contributed by atoms with Crippen molar-refractivity contribution in [1.29, 1.82) is 0 Å². The van der Waals surface area contributed by atoms with Crippen molar-refractivity contribution in [1.82, 2.24) is 0 Å². The van der Waals surface area contributed by atoms with E-state index in [4.69, 9.17) is 15.2 Å². The molecule has 6 heteroatoms. The van der Waals surface area contributed by atoms with E-state index in [1.807, 2.05) is 0 Å².